The molecule has 0 aliphatic rings. The van der Waals surface area contributed by atoms with Crippen LogP contribution in [0.15, 0.2) is 90.4 Å². The van der Waals surface area contributed by atoms with Gasteiger partial charge in [-0.05, 0) is 52.4 Å². The van der Waals surface area contributed by atoms with Crippen molar-refractivity contribution in [2.24, 2.45) is 0 Å². The Balaban J connectivity index is 1.19. The monoisotopic (exact) mass is 453 g/mol. The second-order valence-electron chi connectivity index (χ2n) is 7.90. The summed E-state index contributed by atoms with van der Waals surface area (Å²) < 4.78 is 7.77. The van der Waals surface area contributed by atoms with Crippen LogP contribution in [-0.2, 0) is 13.2 Å². The Labute approximate surface area is 196 Å². The van der Waals surface area contributed by atoms with Crippen LogP contribution in [0.4, 0.5) is 5.82 Å². The summed E-state index contributed by atoms with van der Waals surface area (Å²) in [5, 5.41) is 11.6. The number of fused-ring (bicyclic) bond motifs is 1. The smallest absolute Gasteiger partial charge is 0.266 e. The molecular weight excluding hydrogens is 430 g/mol. The first-order chi connectivity index (χ1) is 16.1. The summed E-state index contributed by atoms with van der Waals surface area (Å²) in [5.41, 5.74) is 3.38. The van der Waals surface area contributed by atoms with Crippen molar-refractivity contribution in [1.29, 1.82) is 0 Å². The third-order valence-electron chi connectivity index (χ3n) is 5.48. The van der Waals surface area contributed by atoms with Crippen molar-refractivity contribution in [2.75, 3.05) is 5.32 Å². The van der Waals surface area contributed by atoms with Gasteiger partial charge in [-0.2, -0.15) is 5.10 Å². The molecule has 5 aromatic rings. The van der Waals surface area contributed by atoms with E-state index in [1.54, 1.807) is 0 Å². The van der Waals surface area contributed by atoms with Gasteiger partial charge in [-0.15, -0.1) is 11.3 Å². The number of hydrogen-bond acceptors (Lipinski definition) is 4. The number of hydrogen-bond donors (Lipinski definition) is 1. The Morgan fingerprint density at radius 2 is 1.82 bits per heavy atom. The molecule has 0 bridgehead atoms. The first kappa shape index (κ1) is 21.0. The highest BCUT2D eigenvalue weighted by molar-refractivity contribution is 7.12. The zero-order valence-electron chi connectivity index (χ0n) is 18.2. The van der Waals surface area contributed by atoms with Crippen molar-refractivity contribution in [1.82, 2.24) is 9.78 Å². The molecule has 5 rings (SSSR count). The predicted octanol–water partition coefficient (Wildman–Crippen LogP) is 6.29. The molecule has 0 aliphatic carbocycles. The predicted molar refractivity (Wildman–Crippen MR) is 133 cm³/mol. The Morgan fingerprint density at radius 3 is 2.70 bits per heavy atom. The molecule has 0 fully saturated rings. The van der Waals surface area contributed by atoms with Crippen molar-refractivity contribution in [3.05, 3.63) is 112 Å². The first-order valence-corrected chi connectivity index (χ1v) is 11.6. The number of nitrogens with zero attached hydrogens (tertiary/aromatic N) is 2. The van der Waals surface area contributed by atoms with Crippen molar-refractivity contribution >= 4 is 33.8 Å². The van der Waals surface area contributed by atoms with Crippen molar-refractivity contribution in [3.63, 3.8) is 0 Å². The molecule has 2 aromatic heterocycles. The van der Waals surface area contributed by atoms with E-state index in [1.807, 2.05) is 64.8 Å². The zero-order valence-corrected chi connectivity index (χ0v) is 19.0. The van der Waals surface area contributed by atoms with Gasteiger partial charge in [-0.25, -0.2) is 0 Å². The van der Waals surface area contributed by atoms with Gasteiger partial charge in [0.25, 0.3) is 5.91 Å². The summed E-state index contributed by atoms with van der Waals surface area (Å²) in [7, 11) is 0. The molecule has 0 aliphatic heterocycles. The van der Waals surface area contributed by atoms with E-state index in [4.69, 9.17) is 4.74 Å². The second-order valence-corrected chi connectivity index (χ2v) is 8.81. The van der Waals surface area contributed by atoms with Crippen LogP contribution in [0.5, 0.6) is 5.75 Å². The molecule has 5 nitrogen and oxygen atoms in total. The van der Waals surface area contributed by atoms with E-state index in [1.165, 1.54) is 27.8 Å². The fourth-order valence-corrected chi connectivity index (χ4v) is 4.44. The van der Waals surface area contributed by atoms with Gasteiger partial charge in [0.1, 0.15) is 12.4 Å². The minimum absolute atomic E-state index is 0.168. The lowest BCUT2D eigenvalue weighted by Crippen LogP contribution is -2.11. The molecule has 0 saturated carbocycles. The van der Waals surface area contributed by atoms with E-state index >= 15 is 0 Å². The third kappa shape index (κ3) is 4.96. The molecule has 0 saturated heterocycles. The molecule has 1 N–H and O–H groups in total. The Bertz CT molecular complexity index is 1420. The van der Waals surface area contributed by atoms with Crippen molar-refractivity contribution in [3.8, 4) is 5.75 Å². The quantitative estimate of drug-likeness (QED) is 0.315. The lowest BCUT2D eigenvalue weighted by molar-refractivity contribution is 0.103. The van der Waals surface area contributed by atoms with Gasteiger partial charge in [-0.3, -0.25) is 9.48 Å². The first-order valence-electron chi connectivity index (χ1n) is 10.7. The topological polar surface area (TPSA) is 56.2 Å². The highest BCUT2D eigenvalue weighted by Gasteiger charge is 2.12. The van der Waals surface area contributed by atoms with Crippen LogP contribution in [0.2, 0.25) is 0 Å². The maximum atomic E-state index is 12.7. The lowest BCUT2D eigenvalue weighted by atomic mass is 10.1. The maximum Gasteiger partial charge on any atom is 0.266 e. The molecule has 6 heteroatoms. The molecule has 0 radical (unpaired) electrons. The second kappa shape index (κ2) is 9.30. The Morgan fingerprint density at radius 1 is 1.00 bits per heavy atom. The van der Waals surface area contributed by atoms with Gasteiger partial charge in [0.05, 0.1) is 11.4 Å². The number of anilines is 1. The van der Waals surface area contributed by atoms with Crippen LogP contribution in [0.3, 0.4) is 0 Å². The van der Waals surface area contributed by atoms with Gasteiger partial charge in [0.15, 0.2) is 5.82 Å². The molecular formula is C27H23N3O2S. The summed E-state index contributed by atoms with van der Waals surface area (Å²) in [6, 6.07) is 26.1. The van der Waals surface area contributed by atoms with E-state index < -0.39 is 0 Å². The van der Waals surface area contributed by atoms with Gasteiger partial charge >= 0.3 is 0 Å². The number of thiophene rings is 1. The van der Waals surface area contributed by atoms with Crippen LogP contribution in [-0.4, -0.2) is 15.7 Å². The van der Waals surface area contributed by atoms with Crippen LogP contribution in [0, 0.1) is 6.92 Å². The van der Waals surface area contributed by atoms with Crippen LogP contribution in [0.25, 0.3) is 10.8 Å². The number of aromatic nitrogens is 2. The molecule has 0 unspecified atom stereocenters. The average molecular weight is 454 g/mol. The largest absolute Gasteiger partial charge is 0.489 e. The van der Waals surface area contributed by atoms with E-state index in [0.717, 1.165) is 16.7 Å². The van der Waals surface area contributed by atoms with Crippen LogP contribution < -0.4 is 10.1 Å². The average Bonchev–Trinajstić information content (AvgIpc) is 3.49. The van der Waals surface area contributed by atoms with Crippen molar-refractivity contribution in [2.45, 2.75) is 20.1 Å². The molecule has 1 amide bonds. The zero-order chi connectivity index (χ0) is 22.6. The molecule has 0 atom stereocenters. The minimum Gasteiger partial charge on any atom is -0.489 e. The maximum absolute atomic E-state index is 12.7. The summed E-state index contributed by atoms with van der Waals surface area (Å²) in [6.45, 7) is 3.16. The van der Waals surface area contributed by atoms with Crippen LogP contribution >= 0.6 is 11.3 Å². The number of aryl methyl sites for hydroxylation is 1. The summed E-state index contributed by atoms with van der Waals surface area (Å²) in [5.74, 6) is 1.18. The Hall–Kier alpha value is -3.90. The van der Waals surface area contributed by atoms with Gasteiger partial charge < -0.3 is 10.1 Å². The molecule has 2 heterocycles. The lowest BCUT2D eigenvalue weighted by Gasteiger charge is -2.06. The summed E-state index contributed by atoms with van der Waals surface area (Å²) in [4.78, 5) is 13.3. The normalized spacial score (nSPS) is 10.9. The van der Waals surface area contributed by atoms with E-state index in [2.05, 4.69) is 47.7 Å². The number of rotatable bonds is 7. The SMILES string of the molecule is Cc1ccccc1Cn1ccc(NC(=O)c2cc(COc3ccc4ccccc4c3)cs2)n1. The highest BCUT2D eigenvalue weighted by atomic mass is 32.1. The number of carbonyl (C=O) groups is 1. The number of benzene rings is 3. The summed E-state index contributed by atoms with van der Waals surface area (Å²) >= 11 is 1.40. The minimum atomic E-state index is -0.168. The fourth-order valence-electron chi connectivity index (χ4n) is 3.65. The third-order valence-corrected chi connectivity index (χ3v) is 6.46. The van der Waals surface area contributed by atoms with Crippen LogP contribution in [0.1, 0.15) is 26.4 Å². The molecule has 0 spiro atoms. The van der Waals surface area contributed by atoms with E-state index in [0.29, 0.717) is 23.8 Å². The van der Waals surface area contributed by atoms with E-state index in [9.17, 15) is 4.79 Å². The number of ether oxygens (including phenoxy) is 1. The number of nitrogens with one attached hydrogen (secondary N) is 1. The summed E-state index contributed by atoms with van der Waals surface area (Å²) in [6.07, 6.45) is 1.87. The van der Waals surface area contributed by atoms with E-state index in [-0.39, 0.29) is 5.91 Å². The standard InChI is InChI=1S/C27H23N3O2S/c1-19-6-2-3-9-23(19)16-30-13-12-26(29-30)28-27(31)25-14-20(18-33-25)17-32-24-11-10-21-7-4-5-8-22(21)15-24/h2-15,18H,16-17H2,1H3,(H,28,29,31). The molecule has 33 heavy (non-hydrogen) atoms. The molecule has 3 aromatic carbocycles. The van der Waals surface area contributed by atoms with Crippen molar-refractivity contribution < 1.29 is 9.53 Å². The number of carbonyl (C=O) groups excluding carboxylic acids is 1. The molecule has 164 valence electrons. The number of amides is 1. The highest BCUT2D eigenvalue weighted by Crippen LogP contribution is 2.23. The van der Waals surface area contributed by atoms with Gasteiger partial charge in [0, 0.05) is 17.8 Å². The van der Waals surface area contributed by atoms with Gasteiger partial charge in [0.2, 0.25) is 0 Å². The Kier molecular flexibility index (Phi) is 5.91. The fraction of sp³-hybridized carbons (Fsp3) is 0.111. The van der Waals surface area contributed by atoms with Gasteiger partial charge in [-0.1, -0.05) is 54.6 Å².